The predicted octanol–water partition coefficient (Wildman–Crippen LogP) is 3.50. The zero-order valence-electron chi connectivity index (χ0n) is 14.9. The first kappa shape index (κ1) is 19.6. The molecule has 0 radical (unpaired) electrons. The van der Waals surface area contributed by atoms with Gasteiger partial charge < -0.3 is 10.1 Å². The molecule has 0 spiro atoms. The Hall–Kier alpha value is -3.16. The molecule has 5 nitrogen and oxygen atoms in total. The molecular formula is C20H17F3N2O3. The monoisotopic (exact) mass is 390 g/mol. The van der Waals surface area contributed by atoms with Crippen LogP contribution in [0.1, 0.15) is 29.7 Å². The van der Waals surface area contributed by atoms with E-state index in [0.717, 1.165) is 12.1 Å². The minimum absolute atomic E-state index is 0.0671. The molecule has 1 heterocycles. The topological polar surface area (TPSA) is 67.8 Å². The van der Waals surface area contributed by atoms with Crippen LogP contribution in [0.2, 0.25) is 0 Å². The van der Waals surface area contributed by atoms with Crippen LogP contribution in [-0.2, 0) is 20.5 Å². The summed E-state index contributed by atoms with van der Waals surface area (Å²) in [5, 5.41) is 2.59. The molecule has 0 aromatic heterocycles. The van der Waals surface area contributed by atoms with Crippen LogP contribution in [0.4, 0.5) is 13.2 Å². The van der Waals surface area contributed by atoms with E-state index >= 15 is 0 Å². The number of aliphatic imine (C=N–C) groups is 1. The molecule has 1 N–H and O–H groups in total. The van der Waals surface area contributed by atoms with Gasteiger partial charge in [-0.3, -0.25) is 14.6 Å². The summed E-state index contributed by atoms with van der Waals surface area (Å²) in [6, 6.07) is 12.0. The van der Waals surface area contributed by atoms with Gasteiger partial charge in [0.2, 0.25) is 5.91 Å². The van der Waals surface area contributed by atoms with Crippen LogP contribution in [0, 0.1) is 5.92 Å². The summed E-state index contributed by atoms with van der Waals surface area (Å²) in [7, 11) is 0. The lowest BCUT2D eigenvalue weighted by atomic mass is 9.90. The highest BCUT2D eigenvalue weighted by Gasteiger charge is 2.41. The van der Waals surface area contributed by atoms with Gasteiger partial charge in [-0.15, -0.1) is 0 Å². The van der Waals surface area contributed by atoms with Crippen LogP contribution >= 0.6 is 0 Å². The molecule has 0 saturated carbocycles. The van der Waals surface area contributed by atoms with Crippen LogP contribution in [-0.4, -0.2) is 24.3 Å². The van der Waals surface area contributed by atoms with Gasteiger partial charge in [-0.2, -0.15) is 13.2 Å². The fourth-order valence-electron chi connectivity index (χ4n) is 2.93. The molecule has 0 aliphatic carbocycles. The number of amides is 1. The Morgan fingerprint density at radius 1 is 1.11 bits per heavy atom. The van der Waals surface area contributed by atoms with Crippen LogP contribution in [0.5, 0.6) is 0 Å². The van der Waals surface area contributed by atoms with Crippen molar-refractivity contribution < 1.29 is 27.5 Å². The summed E-state index contributed by atoms with van der Waals surface area (Å²) in [6.45, 7) is 1.67. The Labute approximate surface area is 159 Å². The maximum absolute atomic E-state index is 12.8. The summed E-state index contributed by atoms with van der Waals surface area (Å²) in [5.74, 6) is -2.43. The number of hydrogen-bond acceptors (Lipinski definition) is 4. The van der Waals surface area contributed by atoms with Crippen molar-refractivity contribution >= 4 is 17.7 Å². The number of halogens is 3. The van der Waals surface area contributed by atoms with E-state index in [0.29, 0.717) is 11.1 Å². The van der Waals surface area contributed by atoms with Gasteiger partial charge in [0.25, 0.3) is 0 Å². The van der Waals surface area contributed by atoms with Crippen LogP contribution in [0.3, 0.4) is 0 Å². The Balaban J connectivity index is 2.04. The number of ether oxygens (including phenoxy) is 1. The fraction of sp³-hybridized carbons (Fsp3) is 0.250. The third kappa shape index (κ3) is 4.05. The van der Waals surface area contributed by atoms with E-state index < -0.39 is 35.6 Å². The number of carbonyl (C=O) groups excluding carboxylic acids is 2. The number of benzene rings is 2. The molecule has 0 fully saturated rings. The molecule has 1 aliphatic rings. The molecule has 2 aromatic rings. The largest absolute Gasteiger partial charge is 0.465 e. The van der Waals surface area contributed by atoms with Gasteiger partial charge in [0, 0.05) is 5.56 Å². The van der Waals surface area contributed by atoms with E-state index in [2.05, 4.69) is 10.3 Å². The molecule has 0 bridgehead atoms. The highest BCUT2D eigenvalue weighted by Crippen LogP contribution is 2.34. The zero-order chi connectivity index (χ0) is 20.3. The van der Waals surface area contributed by atoms with E-state index in [4.69, 9.17) is 4.74 Å². The second kappa shape index (κ2) is 7.84. The number of nitrogens with one attached hydrogen (secondary N) is 1. The third-order valence-corrected chi connectivity index (χ3v) is 4.28. The van der Waals surface area contributed by atoms with Crippen molar-refractivity contribution in [3.8, 4) is 0 Å². The first-order chi connectivity index (χ1) is 13.3. The van der Waals surface area contributed by atoms with Gasteiger partial charge in [-0.05, 0) is 24.6 Å². The smallest absolute Gasteiger partial charge is 0.416 e. The quantitative estimate of drug-likeness (QED) is 0.642. The highest BCUT2D eigenvalue weighted by atomic mass is 19.4. The molecule has 3 rings (SSSR count). The maximum Gasteiger partial charge on any atom is 0.416 e. The highest BCUT2D eigenvalue weighted by molar-refractivity contribution is 6.14. The normalized spacial score (nSPS) is 19.6. The number of nitrogens with zero attached hydrogens (tertiary/aromatic N) is 1. The summed E-state index contributed by atoms with van der Waals surface area (Å²) >= 11 is 0. The van der Waals surface area contributed by atoms with E-state index in [-0.39, 0.29) is 12.4 Å². The zero-order valence-corrected chi connectivity index (χ0v) is 14.9. The van der Waals surface area contributed by atoms with E-state index in [1.54, 1.807) is 37.3 Å². The molecule has 0 unspecified atom stereocenters. The Kier molecular flexibility index (Phi) is 5.48. The van der Waals surface area contributed by atoms with Crippen LogP contribution in [0.25, 0.3) is 0 Å². The number of alkyl halides is 3. The summed E-state index contributed by atoms with van der Waals surface area (Å²) in [5.41, 5.74) is 0.112. The molecule has 28 heavy (non-hydrogen) atoms. The van der Waals surface area contributed by atoms with Gasteiger partial charge in [0.1, 0.15) is 5.84 Å². The molecular weight excluding hydrogens is 373 g/mol. The minimum Gasteiger partial charge on any atom is -0.465 e. The van der Waals surface area contributed by atoms with E-state index in [1.165, 1.54) is 12.1 Å². The van der Waals surface area contributed by atoms with Crippen molar-refractivity contribution in [2.45, 2.75) is 19.1 Å². The van der Waals surface area contributed by atoms with Crippen LogP contribution < -0.4 is 5.32 Å². The molecule has 1 aliphatic heterocycles. The number of esters is 1. The van der Waals surface area contributed by atoms with Gasteiger partial charge >= 0.3 is 12.1 Å². The second-order valence-electron chi connectivity index (χ2n) is 6.13. The van der Waals surface area contributed by atoms with Crippen LogP contribution in [0.15, 0.2) is 59.6 Å². The number of carbonyl (C=O) groups is 2. The van der Waals surface area contributed by atoms with Crippen molar-refractivity contribution in [1.29, 1.82) is 0 Å². The first-order valence-electron chi connectivity index (χ1n) is 8.59. The minimum atomic E-state index is -4.48. The lowest BCUT2D eigenvalue weighted by molar-refractivity contribution is -0.153. The second-order valence-corrected chi connectivity index (χ2v) is 6.13. The molecule has 8 heteroatoms. The average Bonchev–Trinajstić information content (AvgIpc) is 2.67. The van der Waals surface area contributed by atoms with E-state index in [1.807, 2.05) is 0 Å². The average molecular weight is 390 g/mol. The SMILES string of the molecule is CCOC(=O)[C@@H]1C(=O)NC(c2ccccc2)=N[C@@H]1c1ccc(C(F)(F)F)cc1. The van der Waals surface area contributed by atoms with Crippen molar-refractivity contribution in [3.05, 3.63) is 71.3 Å². The van der Waals surface area contributed by atoms with Gasteiger partial charge in [0.15, 0.2) is 5.92 Å². The van der Waals surface area contributed by atoms with Crippen molar-refractivity contribution in [2.75, 3.05) is 6.61 Å². The number of hydrogen-bond donors (Lipinski definition) is 1. The molecule has 1 amide bonds. The van der Waals surface area contributed by atoms with Crippen molar-refractivity contribution in [1.82, 2.24) is 5.32 Å². The Bertz CT molecular complexity index is 893. The molecule has 146 valence electrons. The van der Waals surface area contributed by atoms with Crippen molar-refractivity contribution in [3.63, 3.8) is 0 Å². The third-order valence-electron chi connectivity index (χ3n) is 4.28. The summed E-state index contributed by atoms with van der Waals surface area (Å²) in [4.78, 5) is 29.4. The van der Waals surface area contributed by atoms with Gasteiger partial charge in [-0.1, -0.05) is 42.5 Å². The predicted molar refractivity (Wildman–Crippen MR) is 95.4 cm³/mol. The van der Waals surface area contributed by atoms with Gasteiger partial charge in [0.05, 0.1) is 18.2 Å². The Morgan fingerprint density at radius 2 is 1.75 bits per heavy atom. The molecule has 2 atom stereocenters. The maximum atomic E-state index is 12.8. The first-order valence-corrected chi connectivity index (χ1v) is 8.59. The van der Waals surface area contributed by atoms with E-state index in [9.17, 15) is 22.8 Å². The number of amidine groups is 1. The van der Waals surface area contributed by atoms with Crippen molar-refractivity contribution in [2.24, 2.45) is 10.9 Å². The summed E-state index contributed by atoms with van der Waals surface area (Å²) in [6.07, 6.45) is -4.48. The Morgan fingerprint density at radius 3 is 2.32 bits per heavy atom. The molecule has 2 aromatic carbocycles. The fourth-order valence-corrected chi connectivity index (χ4v) is 2.93. The lowest BCUT2D eigenvalue weighted by Gasteiger charge is -2.28. The number of rotatable bonds is 4. The molecule has 0 saturated heterocycles. The lowest BCUT2D eigenvalue weighted by Crippen LogP contribution is -2.47. The standard InChI is InChI=1S/C20H17F3N2O3/c1-2-28-19(27)15-16(12-8-10-14(11-9-12)20(21,22)23)24-17(25-18(15)26)13-6-4-3-5-7-13/h3-11,15-16H,2H2,1H3,(H,24,25,26)/t15-,16+/m0/s1. The van der Waals surface area contributed by atoms with Gasteiger partial charge in [-0.25, -0.2) is 0 Å². The summed E-state index contributed by atoms with van der Waals surface area (Å²) < 4.78 is 43.5.